The highest BCUT2D eigenvalue weighted by atomic mass is 16.5. The van der Waals surface area contributed by atoms with Gasteiger partial charge in [-0.2, -0.15) is 0 Å². The molecule has 0 aromatic heterocycles. The quantitative estimate of drug-likeness (QED) is 0.367. The number of ether oxygens (including phenoxy) is 1. The minimum absolute atomic E-state index is 0.0907. The Morgan fingerprint density at radius 1 is 1.27 bits per heavy atom. The Morgan fingerprint density at radius 2 is 2.07 bits per heavy atom. The fourth-order valence-corrected chi connectivity index (χ4v) is 4.76. The van der Waals surface area contributed by atoms with Crippen LogP contribution in [0.1, 0.15) is 46.0 Å². The van der Waals surface area contributed by atoms with Gasteiger partial charge in [0.25, 0.3) is 0 Å². The molecule has 1 saturated carbocycles. The number of amides is 3. The van der Waals surface area contributed by atoms with Crippen LogP contribution in [0.2, 0.25) is 0 Å². The minimum Gasteiger partial charge on any atom is -0.449 e. The molecule has 1 aliphatic heterocycles. The standard InChI is InChI=1S/C22H33N3O5/c1-13(2)7-19(21(28)24-18(11-26)10-16-5-6-23-20(16)27)25-22(29)30-12-17-9-14-3-4-15(17)8-14/h3-4,11,13-19H,5-10,12H2,1-2H3,(H,23,27)(H,24,28)(H,25,29)/t14-,15+,16-,17+,18-,19-/m0/s1. The second-order valence-electron chi connectivity index (χ2n) is 9.23. The van der Waals surface area contributed by atoms with Crippen molar-refractivity contribution >= 4 is 24.2 Å². The van der Waals surface area contributed by atoms with Gasteiger partial charge in [0.15, 0.2) is 0 Å². The van der Waals surface area contributed by atoms with Crippen LogP contribution in [0.15, 0.2) is 12.2 Å². The van der Waals surface area contributed by atoms with Gasteiger partial charge in [0.1, 0.15) is 12.3 Å². The number of rotatable bonds is 10. The van der Waals surface area contributed by atoms with Crippen LogP contribution in [0.3, 0.4) is 0 Å². The molecule has 3 amide bonds. The molecule has 2 bridgehead atoms. The first-order valence-electron chi connectivity index (χ1n) is 11.0. The molecule has 2 fully saturated rings. The van der Waals surface area contributed by atoms with Crippen molar-refractivity contribution in [1.82, 2.24) is 16.0 Å². The highest BCUT2D eigenvalue weighted by Gasteiger charge is 2.36. The maximum Gasteiger partial charge on any atom is 0.407 e. The minimum atomic E-state index is -0.794. The van der Waals surface area contributed by atoms with Crippen LogP contribution < -0.4 is 16.0 Å². The molecule has 166 valence electrons. The molecule has 0 aromatic carbocycles. The summed E-state index contributed by atoms with van der Waals surface area (Å²) in [5, 5.41) is 8.07. The number of hydrogen-bond acceptors (Lipinski definition) is 5. The zero-order chi connectivity index (χ0) is 21.7. The summed E-state index contributed by atoms with van der Waals surface area (Å²) in [5.74, 6) is 0.794. The van der Waals surface area contributed by atoms with Gasteiger partial charge in [0, 0.05) is 18.4 Å². The first-order valence-corrected chi connectivity index (χ1v) is 11.0. The lowest BCUT2D eigenvalue weighted by Gasteiger charge is -2.23. The third kappa shape index (κ3) is 5.83. The molecule has 2 aliphatic carbocycles. The first kappa shape index (κ1) is 22.3. The molecule has 0 radical (unpaired) electrons. The largest absolute Gasteiger partial charge is 0.449 e. The highest BCUT2D eigenvalue weighted by Crippen LogP contribution is 2.43. The number of allylic oxidation sites excluding steroid dienone is 2. The molecule has 0 aromatic rings. The number of carbonyl (C=O) groups is 4. The van der Waals surface area contributed by atoms with Crippen LogP contribution in [0.5, 0.6) is 0 Å². The predicted molar refractivity (Wildman–Crippen MR) is 110 cm³/mol. The lowest BCUT2D eigenvalue weighted by atomic mass is 9.95. The number of carbonyl (C=O) groups excluding carboxylic acids is 4. The van der Waals surface area contributed by atoms with Crippen molar-refractivity contribution < 1.29 is 23.9 Å². The Balaban J connectivity index is 1.49. The fourth-order valence-electron chi connectivity index (χ4n) is 4.76. The van der Waals surface area contributed by atoms with Crippen molar-refractivity contribution in [2.45, 2.75) is 58.0 Å². The summed E-state index contributed by atoms with van der Waals surface area (Å²) in [5.41, 5.74) is 0. The molecule has 3 aliphatic rings. The van der Waals surface area contributed by atoms with Gasteiger partial charge in [0.05, 0.1) is 12.6 Å². The van der Waals surface area contributed by atoms with Gasteiger partial charge >= 0.3 is 6.09 Å². The molecule has 3 N–H and O–H groups in total. The molecule has 6 atom stereocenters. The molecular weight excluding hydrogens is 386 g/mol. The van der Waals surface area contributed by atoms with E-state index in [-0.39, 0.29) is 24.2 Å². The Hall–Kier alpha value is -2.38. The van der Waals surface area contributed by atoms with E-state index in [4.69, 9.17) is 4.74 Å². The van der Waals surface area contributed by atoms with Crippen LogP contribution in [0.25, 0.3) is 0 Å². The zero-order valence-corrected chi connectivity index (χ0v) is 17.8. The van der Waals surface area contributed by atoms with Crippen LogP contribution in [0.4, 0.5) is 4.79 Å². The van der Waals surface area contributed by atoms with E-state index < -0.39 is 24.1 Å². The van der Waals surface area contributed by atoms with E-state index in [2.05, 4.69) is 28.1 Å². The Labute approximate surface area is 177 Å². The van der Waals surface area contributed by atoms with Gasteiger partial charge in [-0.1, -0.05) is 26.0 Å². The highest BCUT2D eigenvalue weighted by molar-refractivity contribution is 5.88. The van der Waals surface area contributed by atoms with Gasteiger partial charge in [-0.15, -0.1) is 0 Å². The summed E-state index contributed by atoms with van der Waals surface area (Å²) in [7, 11) is 0. The molecule has 8 nitrogen and oxygen atoms in total. The van der Waals surface area contributed by atoms with Gasteiger partial charge in [-0.05, 0) is 49.9 Å². The normalized spacial score (nSPS) is 28.8. The average Bonchev–Trinajstić information content (AvgIpc) is 3.42. The number of nitrogens with one attached hydrogen (secondary N) is 3. The zero-order valence-electron chi connectivity index (χ0n) is 17.8. The Morgan fingerprint density at radius 3 is 2.63 bits per heavy atom. The van der Waals surface area contributed by atoms with E-state index in [0.717, 1.165) is 12.8 Å². The lowest BCUT2D eigenvalue weighted by Crippen LogP contribution is -2.51. The fraction of sp³-hybridized carbons (Fsp3) is 0.727. The summed E-state index contributed by atoms with van der Waals surface area (Å²) in [6.07, 6.45) is 8.00. The second-order valence-corrected chi connectivity index (χ2v) is 9.23. The van der Waals surface area contributed by atoms with E-state index >= 15 is 0 Å². The summed E-state index contributed by atoms with van der Waals surface area (Å²) in [6.45, 7) is 4.84. The van der Waals surface area contributed by atoms with Crippen LogP contribution in [-0.2, 0) is 19.1 Å². The van der Waals surface area contributed by atoms with E-state index in [1.807, 2.05) is 13.8 Å². The van der Waals surface area contributed by atoms with Crippen molar-refractivity contribution in [3.63, 3.8) is 0 Å². The van der Waals surface area contributed by atoms with Crippen LogP contribution >= 0.6 is 0 Å². The third-order valence-corrected chi connectivity index (χ3v) is 6.35. The second kappa shape index (κ2) is 10.1. The summed E-state index contributed by atoms with van der Waals surface area (Å²) < 4.78 is 5.41. The van der Waals surface area contributed by atoms with Crippen molar-refractivity contribution in [2.75, 3.05) is 13.2 Å². The molecule has 8 heteroatoms. The van der Waals surface area contributed by atoms with E-state index in [9.17, 15) is 19.2 Å². The topological polar surface area (TPSA) is 114 Å². The predicted octanol–water partition coefficient (Wildman–Crippen LogP) is 1.55. The third-order valence-electron chi connectivity index (χ3n) is 6.35. The van der Waals surface area contributed by atoms with Gasteiger partial charge in [-0.25, -0.2) is 4.79 Å². The summed E-state index contributed by atoms with van der Waals surface area (Å²) in [4.78, 5) is 48.3. The molecular formula is C22H33N3O5. The number of aldehydes is 1. The van der Waals surface area contributed by atoms with Crippen molar-refractivity contribution in [2.24, 2.45) is 29.6 Å². The van der Waals surface area contributed by atoms with E-state index in [1.165, 1.54) is 0 Å². The van der Waals surface area contributed by atoms with Gasteiger partial charge < -0.3 is 25.5 Å². The van der Waals surface area contributed by atoms with E-state index in [1.54, 1.807) is 0 Å². The summed E-state index contributed by atoms with van der Waals surface area (Å²) in [6, 6.07) is -1.56. The smallest absolute Gasteiger partial charge is 0.407 e. The Bertz CT molecular complexity index is 692. The number of alkyl carbamates (subject to hydrolysis) is 1. The van der Waals surface area contributed by atoms with E-state index in [0.29, 0.717) is 50.0 Å². The van der Waals surface area contributed by atoms with Gasteiger partial charge in [-0.3, -0.25) is 9.59 Å². The maximum absolute atomic E-state index is 12.8. The lowest BCUT2D eigenvalue weighted by molar-refractivity contribution is -0.127. The van der Waals surface area contributed by atoms with Crippen LogP contribution in [0, 0.1) is 29.6 Å². The van der Waals surface area contributed by atoms with Crippen molar-refractivity contribution in [1.29, 1.82) is 0 Å². The number of hydrogen-bond donors (Lipinski definition) is 3. The van der Waals surface area contributed by atoms with Crippen molar-refractivity contribution in [3.05, 3.63) is 12.2 Å². The molecule has 1 heterocycles. The molecule has 0 spiro atoms. The Kier molecular flexibility index (Phi) is 7.50. The molecule has 3 rings (SSSR count). The maximum atomic E-state index is 12.8. The molecule has 30 heavy (non-hydrogen) atoms. The SMILES string of the molecule is CC(C)C[C@H](NC(=O)OC[C@H]1C[C@H]2C=C[C@@H]1C2)C(=O)N[C@H](C=O)C[C@@H]1CCNC1=O. The average molecular weight is 420 g/mol. The first-order chi connectivity index (χ1) is 14.4. The molecule has 0 unspecified atom stereocenters. The van der Waals surface area contributed by atoms with Crippen molar-refractivity contribution in [3.8, 4) is 0 Å². The summed E-state index contributed by atoms with van der Waals surface area (Å²) >= 11 is 0. The monoisotopic (exact) mass is 419 g/mol. The molecule has 1 saturated heterocycles. The van der Waals surface area contributed by atoms with Crippen LogP contribution in [-0.4, -0.2) is 49.4 Å². The number of fused-ring (bicyclic) bond motifs is 2. The van der Waals surface area contributed by atoms with Gasteiger partial charge in [0.2, 0.25) is 11.8 Å².